The molecule has 3 rings (SSSR count). The van der Waals surface area contributed by atoms with E-state index in [0.717, 1.165) is 16.3 Å². The molecule has 0 saturated heterocycles. The number of amides is 1. The number of aromatic nitrogens is 2. The second-order valence-electron chi connectivity index (χ2n) is 5.93. The Bertz CT molecular complexity index is 856. The standard InChI is InChI=1S/C19H20N4OS/c1-12-4-7-16(8-5-12)23-18(24)15-6-9-17(20-11-15)22-14(3)19-21-10-13(2)25-19/h4-11,14H,1-3H3,(H,20,22)(H,23,24). The zero-order valence-corrected chi connectivity index (χ0v) is 15.2. The summed E-state index contributed by atoms with van der Waals surface area (Å²) in [5.41, 5.74) is 2.44. The maximum absolute atomic E-state index is 12.3. The molecule has 5 nitrogen and oxygen atoms in total. The average Bonchev–Trinajstić information content (AvgIpc) is 3.04. The second kappa shape index (κ2) is 7.44. The average molecular weight is 352 g/mol. The van der Waals surface area contributed by atoms with Gasteiger partial charge in [0, 0.05) is 23.0 Å². The number of hydrogen-bond donors (Lipinski definition) is 2. The van der Waals surface area contributed by atoms with E-state index in [0.29, 0.717) is 11.4 Å². The number of pyridine rings is 1. The summed E-state index contributed by atoms with van der Waals surface area (Å²) in [4.78, 5) is 22.2. The molecule has 25 heavy (non-hydrogen) atoms. The largest absolute Gasteiger partial charge is 0.361 e. The van der Waals surface area contributed by atoms with Crippen LogP contribution in [-0.2, 0) is 0 Å². The van der Waals surface area contributed by atoms with Crippen molar-refractivity contribution in [2.24, 2.45) is 0 Å². The normalized spacial score (nSPS) is 11.8. The number of thiazole rings is 1. The lowest BCUT2D eigenvalue weighted by Crippen LogP contribution is -2.13. The van der Waals surface area contributed by atoms with Gasteiger partial charge in [-0.25, -0.2) is 9.97 Å². The number of aryl methyl sites for hydroxylation is 2. The van der Waals surface area contributed by atoms with E-state index < -0.39 is 0 Å². The highest BCUT2D eigenvalue weighted by Crippen LogP contribution is 2.22. The van der Waals surface area contributed by atoms with Crippen LogP contribution >= 0.6 is 11.3 Å². The van der Waals surface area contributed by atoms with Gasteiger partial charge in [0.1, 0.15) is 10.8 Å². The summed E-state index contributed by atoms with van der Waals surface area (Å²) in [6.07, 6.45) is 3.44. The van der Waals surface area contributed by atoms with Crippen LogP contribution < -0.4 is 10.6 Å². The third-order valence-corrected chi connectivity index (χ3v) is 4.80. The number of rotatable bonds is 5. The van der Waals surface area contributed by atoms with Crippen molar-refractivity contribution in [1.29, 1.82) is 0 Å². The van der Waals surface area contributed by atoms with Gasteiger partial charge >= 0.3 is 0 Å². The summed E-state index contributed by atoms with van der Waals surface area (Å²) in [6, 6.07) is 11.3. The number of nitrogens with zero attached hydrogens (tertiary/aromatic N) is 2. The molecule has 0 saturated carbocycles. The summed E-state index contributed by atoms with van der Waals surface area (Å²) in [5.74, 6) is 0.540. The lowest BCUT2D eigenvalue weighted by atomic mass is 10.2. The van der Waals surface area contributed by atoms with Crippen molar-refractivity contribution in [3.63, 3.8) is 0 Å². The molecule has 0 aliphatic carbocycles. The van der Waals surface area contributed by atoms with Gasteiger partial charge in [-0.05, 0) is 45.0 Å². The molecular weight excluding hydrogens is 332 g/mol. The van der Waals surface area contributed by atoms with Gasteiger partial charge in [0.25, 0.3) is 5.91 Å². The van der Waals surface area contributed by atoms with Crippen molar-refractivity contribution in [3.05, 3.63) is 69.8 Å². The molecule has 1 aromatic carbocycles. The lowest BCUT2D eigenvalue weighted by molar-refractivity contribution is 0.102. The van der Waals surface area contributed by atoms with E-state index in [1.165, 1.54) is 4.88 Å². The monoisotopic (exact) mass is 352 g/mol. The van der Waals surface area contributed by atoms with Crippen molar-refractivity contribution < 1.29 is 4.79 Å². The van der Waals surface area contributed by atoms with Crippen LogP contribution in [0.1, 0.15) is 38.8 Å². The third-order valence-electron chi connectivity index (χ3n) is 3.71. The molecule has 128 valence electrons. The van der Waals surface area contributed by atoms with Gasteiger partial charge < -0.3 is 10.6 Å². The van der Waals surface area contributed by atoms with E-state index in [-0.39, 0.29) is 11.9 Å². The smallest absolute Gasteiger partial charge is 0.257 e. The number of hydrogen-bond acceptors (Lipinski definition) is 5. The fraction of sp³-hybridized carbons (Fsp3) is 0.211. The highest BCUT2D eigenvalue weighted by atomic mass is 32.1. The minimum Gasteiger partial charge on any atom is -0.361 e. The van der Waals surface area contributed by atoms with Crippen molar-refractivity contribution >= 4 is 28.7 Å². The van der Waals surface area contributed by atoms with E-state index in [1.54, 1.807) is 29.7 Å². The number of nitrogens with one attached hydrogen (secondary N) is 2. The van der Waals surface area contributed by atoms with Crippen LogP contribution in [0, 0.1) is 13.8 Å². The van der Waals surface area contributed by atoms with Crippen LogP contribution in [0.4, 0.5) is 11.5 Å². The molecule has 0 radical (unpaired) electrons. The Kier molecular flexibility index (Phi) is 5.09. The first-order chi connectivity index (χ1) is 12.0. The molecule has 0 bridgehead atoms. The maximum atomic E-state index is 12.3. The van der Waals surface area contributed by atoms with E-state index >= 15 is 0 Å². The number of anilines is 2. The predicted molar refractivity (Wildman–Crippen MR) is 102 cm³/mol. The summed E-state index contributed by atoms with van der Waals surface area (Å²) < 4.78 is 0. The number of benzene rings is 1. The minimum absolute atomic E-state index is 0.0680. The molecule has 0 aliphatic heterocycles. The summed E-state index contributed by atoms with van der Waals surface area (Å²) in [5, 5.41) is 7.18. The maximum Gasteiger partial charge on any atom is 0.257 e. The molecule has 0 fully saturated rings. The van der Waals surface area contributed by atoms with Gasteiger partial charge in [-0.3, -0.25) is 4.79 Å². The lowest BCUT2D eigenvalue weighted by Gasteiger charge is -2.12. The predicted octanol–water partition coefficient (Wildman–Crippen LogP) is 4.58. The quantitative estimate of drug-likeness (QED) is 0.705. The van der Waals surface area contributed by atoms with Gasteiger partial charge in [0.05, 0.1) is 11.6 Å². The second-order valence-corrected chi connectivity index (χ2v) is 7.19. The molecule has 6 heteroatoms. The van der Waals surface area contributed by atoms with Gasteiger partial charge in [0.15, 0.2) is 0 Å². The van der Waals surface area contributed by atoms with E-state index in [2.05, 4.69) is 20.6 Å². The first kappa shape index (κ1) is 17.1. The Morgan fingerprint density at radius 3 is 2.40 bits per heavy atom. The highest BCUT2D eigenvalue weighted by Gasteiger charge is 2.11. The third kappa shape index (κ3) is 4.42. The van der Waals surface area contributed by atoms with Crippen molar-refractivity contribution in [3.8, 4) is 0 Å². The van der Waals surface area contributed by atoms with Gasteiger partial charge in [0.2, 0.25) is 0 Å². The molecule has 2 N–H and O–H groups in total. The first-order valence-electron chi connectivity index (χ1n) is 8.04. The first-order valence-corrected chi connectivity index (χ1v) is 8.86. The highest BCUT2D eigenvalue weighted by molar-refractivity contribution is 7.11. The van der Waals surface area contributed by atoms with Crippen molar-refractivity contribution in [2.75, 3.05) is 10.6 Å². The van der Waals surface area contributed by atoms with Crippen LogP contribution in [0.5, 0.6) is 0 Å². The molecular formula is C19H20N4OS. The topological polar surface area (TPSA) is 66.9 Å². The Balaban J connectivity index is 1.63. The van der Waals surface area contributed by atoms with Crippen molar-refractivity contribution in [2.45, 2.75) is 26.8 Å². The van der Waals surface area contributed by atoms with Crippen LogP contribution in [0.3, 0.4) is 0 Å². The summed E-state index contributed by atoms with van der Waals surface area (Å²) in [6.45, 7) is 6.08. The van der Waals surface area contributed by atoms with Crippen LogP contribution in [-0.4, -0.2) is 15.9 Å². The van der Waals surface area contributed by atoms with Gasteiger partial charge in [-0.15, -0.1) is 11.3 Å². The zero-order valence-electron chi connectivity index (χ0n) is 14.4. The van der Waals surface area contributed by atoms with Crippen LogP contribution in [0.25, 0.3) is 0 Å². The summed E-state index contributed by atoms with van der Waals surface area (Å²) >= 11 is 1.66. The Morgan fingerprint density at radius 1 is 1.04 bits per heavy atom. The van der Waals surface area contributed by atoms with Gasteiger partial charge in [-0.2, -0.15) is 0 Å². The Morgan fingerprint density at radius 2 is 1.80 bits per heavy atom. The molecule has 1 unspecified atom stereocenters. The molecule has 0 aliphatic rings. The fourth-order valence-corrected chi connectivity index (χ4v) is 3.09. The van der Waals surface area contributed by atoms with Crippen LogP contribution in [0.2, 0.25) is 0 Å². The molecule has 1 atom stereocenters. The molecule has 1 amide bonds. The zero-order chi connectivity index (χ0) is 17.8. The fourth-order valence-electron chi connectivity index (χ4n) is 2.31. The molecule has 2 aromatic heterocycles. The number of carbonyl (C=O) groups is 1. The van der Waals surface area contributed by atoms with Gasteiger partial charge in [-0.1, -0.05) is 17.7 Å². The van der Waals surface area contributed by atoms with E-state index in [4.69, 9.17) is 0 Å². The minimum atomic E-state index is -0.175. The Hall–Kier alpha value is -2.73. The van der Waals surface area contributed by atoms with E-state index in [1.807, 2.05) is 51.2 Å². The SMILES string of the molecule is Cc1ccc(NC(=O)c2ccc(NC(C)c3ncc(C)s3)nc2)cc1. The van der Waals surface area contributed by atoms with E-state index in [9.17, 15) is 4.79 Å². The Labute approximate surface area is 151 Å². The number of carbonyl (C=O) groups excluding carboxylic acids is 1. The molecule has 3 aromatic rings. The van der Waals surface area contributed by atoms with Crippen LogP contribution in [0.15, 0.2) is 48.8 Å². The summed E-state index contributed by atoms with van der Waals surface area (Å²) in [7, 11) is 0. The van der Waals surface area contributed by atoms with Crippen molar-refractivity contribution in [1.82, 2.24) is 9.97 Å². The molecule has 2 heterocycles. The molecule has 0 spiro atoms.